The van der Waals surface area contributed by atoms with Crippen LogP contribution in [-0.2, 0) is 6.18 Å². The van der Waals surface area contributed by atoms with Gasteiger partial charge in [-0.15, -0.1) is 0 Å². The van der Waals surface area contributed by atoms with Crippen molar-refractivity contribution in [2.24, 2.45) is 0 Å². The summed E-state index contributed by atoms with van der Waals surface area (Å²) < 4.78 is 38.0. The van der Waals surface area contributed by atoms with Crippen LogP contribution >= 0.6 is 27.7 Å². The van der Waals surface area contributed by atoms with Crippen molar-refractivity contribution in [2.75, 3.05) is 12.8 Å². The normalized spacial score (nSPS) is 13.2. The second kappa shape index (κ2) is 6.65. The maximum atomic E-state index is 12.7. The number of thioether (sulfide) groups is 1. The summed E-state index contributed by atoms with van der Waals surface area (Å²) in [5.74, 6) is -0.501. The fourth-order valence-corrected chi connectivity index (χ4v) is 2.03. The lowest BCUT2D eigenvalue weighted by atomic mass is 10.1. The Kier molecular flexibility index (Phi) is 5.73. The molecule has 2 nitrogen and oxygen atoms in total. The predicted octanol–water partition coefficient (Wildman–Crippen LogP) is 3.95. The van der Waals surface area contributed by atoms with Crippen LogP contribution in [0.25, 0.3) is 0 Å². The van der Waals surface area contributed by atoms with Crippen molar-refractivity contribution in [2.45, 2.75) is 18.3 Å². The molecule has 19 heavy (non-hydrogen) atoms. The minimum absolute atomic E-state index is 0.00354. The second-order valence-electron chi connectivity index (χ2n) is 3.95. The molecule has 0 spiro atoms. The number of hydrogen-bond donors (Lipinski definition) is 1. The Bertz CT molecular complexity index is 465. The van der Waals surface area contributed by atoms with Gasteiger partial charge in [0.15, 0.2) is 0 Å². The van der Waals surface area contributed by atoms with Crippen LogP contribution in [0.2, 0.25) is 0 Å². The van der Waals surface area contributed by atoms with Gasteiger partial charge in [-0.05, 0) is 24.5 Å². The molecule has 0 saturated heterocycles. The Labute approximate surface area is 122 Å². The number of nitrogens with one attached hydrogen (secondary N) is 1. The van der Waals surface area contributed by atoms with Gasteiger partial charge in [0.25, 0.3) is 5.91 Å². The van der Waals surface area contributed by atoms with E-state index in [2.05, 4.69) is 21.2 Å². The highest BCUT2D eigenvalue weighted by molar-refractivity contribution is 9.10. The van der Waals surface area contributed by atoms with Gasteiger partial charge in [-0.3, -0.25) is 4.79 Å². The van der Waals surface area contributed by atoms with Gasteiger partial charge in [-0.1, -0.05) is 22.9 Å². The van der Waals surface area contributed by atoms with Gasteiger partial charge in [0.2, 0.25) is 0 Å². The van der Waals surface area contributed by atoms with E-state index >= 15 is 0 Å². The molecule has 0 aliphatic heterocycles. The molecule has 1 atom stereocenters. The third kappa shape index (κ3) is 4.72. The molecule has 7 heteroatoms. The van der Waals surface area contributed by atoms with E-state index in [1.807, 2.05) is 13.2 Å². The highest BCUT2D eigenvalue weighted by atomic mass is 79.9. The van der Waals surface area contributed by atoms with E-state index in [1.54, 1.807) is 11.8 Å². The topological polar surface area (TPSA) is 29.1 Å². The first-order chi connectivity index (χ1) is 8.75. The fraction of sp³-hybridized carbons (Fsp3) is 0.417. The largest absolute Gasteiger partial charge is 0.417 e. The van der Waals surface area contributed by atoms with Crippen molar-refractivity contribution in [1.82, 2.24) is 5.32 Å². The molecule has 1 rings (SSSR count). The maximum Gasteiger partial charge on any atom is 0.417 e. The zero-order valence-electron chi connectivity index (χ0n) is 10.3. The molecule has 0 aliphatic rings. The van der Waals surface area contributed by atoms with Crippen LogP contribution in [0.5, 0.6) is 0 Å². The second-order valence-corrected chi connectivity index (χ2v) is 6.08. The van der Waals surface area contributed by atoms with Crippen LogP contribution < -0.4 is 5.32 Å². The first-order valence-electron chi connectivity index (χ1n) is 5.43. The number of benzene rings is 1. The first kappa shape index (κ1) is 16.4. The molecule has 0 radical (unpaired) electrons. The van der Waals surface area contributed by atoms with Gasteiger partial charge in [0, 0.05) is 21.8 Å². The van der Waals surface area contributed by atoms with Crippen LogP contribution in [0.15, 0.2) is 22.7 Å². The Morgan fingerprint density at radius 2 is 2.11 bits per heavy atom. The molecule has 1 amide bonds. The summed E-state index contributed by atoms with van der Waals surface area (Å²) in [6.45, 7) is 2.34. The predicted molar refractivity (Wildman–Crippen MR) is 74.5 cm³/mol. The Hall–Kier alpha value is -0.690. The van der Waals surface area contributed by atoms with Crippen LogP contribution in [0.1, 0.15) is 22.8 Å². The minimum Gasteiger partial charge on any atom is -0.351 e. The molecule has 106 valence electrons. The van der Waals surface area contributed by atoms with Crippen molar-refractivity contribution in [3.8, 4) is 0 Å². The monoisotopic (exact) mass is 355 g/mol. The Morgan fingerprint density at radius 1 is 1.47 bits per heavy atom. The van der Waals surface area contributed by atoms with E-state index < -0.39 is 17.6 Å². The summed E-state index contributed by atoms with van der Waals surface area (Å²) in [5.41, 5.74) is -0.845. The number of alkyl halides is 3. The average Bonchev–Trinajstić information content (AvgIpc) is 2.34. The van der Waals surface area contributed by atoms with E-state index in [0.717, 1.165) is 6.07 Å². The molecular weight excluding hydrogens is 343 g/mol. The van der Waals surface area contributed by atoms with E-state index in [0.29, 0.717) is 6.54 Å². The zero-order chi connectivity index (χ0) is 14.6. The summed E-state index contributed by atoms with van der Waals surface area (Å²) in [4.78, 5) is 11.8. The third-order valence-corrected chi connectivity index (χ3v) is 4.15. The van der Waals surface area contributed by atoms with Crippen LogP contribution in [0.4, 0.5) is 13.2 Å². The molecule has 1 aromatic carbocycles. The number of carbonyl (C=O) groups excluding carboxylic acids is 1. The van der Waals surface area contributed by atoms with Crippen LogP contribution in [0.3, 0.4) is 0 Å². The van der Waals surface area contributed by atoms with Crippen molar-refractivity contribution < 1.29 is 18.0 Å². The van der Waals surface area contributed by atoms with Crippen LogP contribution in [-0.4, -0.2) is 24.0 Å². The molecule has 0 aliphatic carbocycles. The van der Waals surface area contributed by atoms with Gasteiger partial charge in [-0.25, -0.2) is 0 Å². The highest BCUT2D eigenvalue weighted by Crippen LogP contribution is 2.35. The zero-order valence-corrected chi connectivity index (χ0v) is 12.7. The minimum atomic E-state index is -4.48. The molecule has 0 saturated carbocycles. The summed E-state index contributed by atoms with van der Waals surface area (Å²) in [6, 6.07) is 3.44. The van der Waals surface area contributed by atoms with E-state index in [-0.39, 0.29) is 15.3 Å². The number of rotatable bonds is 4. The summed E-state index contributed by atoms with van der Waals surface area (Å²) in [5, 5.41) is 2.82. The number of carbonyl (C=O) groups is 1. The van der Waals surface area contributed by atoms with E-state index in [1.165, 1.54) is 12.1 Å². The Balaban J connectivity index is 2.87. The summed E-state index contributed by atoms with van der Waals surface area (Å²) in [7, 11) is 0. The third-order valence-electron chi connectivity index (χ3n) is 2.49. The maximum absolute atomic E-state index is 12.7. The molecule has 1 unspecified atom stereocenters. The van der Waals surface area contributed by atoms with Crippen molar-refractivity contribution in [3.63, 3.8) is 0 Å². The smallest absolute Gasteiger partial charge is 0.351 e. The van der Waals surface area contributed by atoms with E-state index in [4.69, 9.17) is 0 Å². The fourth-order valence-electron chi connectivity index (χ4n) is 1.31. The quantitative estimate of drug-likeness (QED) is 0.885. The Morgan fingerprint density at radius 3 is 2.63 bits per heavy atom. The molecule has 1 N–H and O–H groups in total. The lowest BCUT2D eigenvalue weighted by Crippen LogP contribution is -2.29. The molecule has 0 fully saturated rings. The van der Waals surface area contributed by atoms with Gasteiger partial charge >= 0.3 is 6.18 Å². The standard InChI is InChI=1S/C12H13BrF3NOS/c1-7(19-2)6-17-11(18)8-3-4-10(13)9(5-8)12(14,15)16/h3-5,7H,6H2,1-2H3,(H,17,18). The SMILES string of the molecule is CSC(C)CNC(=O)c1ccc(Br)c(C(F)(F)F)c1. The van der Waals surface area contributed by atoms with Crippen molar-refractivity contribution >= 4 is 33.6 Å². The number of halogens is 4. The summed E-state index contributed by atoms with van der Waals surface area (Å²) in [6.07, 6.45) is -2.58. The lowest BCUT2D eigenvalue weighted by molar-refractivity contribution is -0.138. The molecular formula is C12H13BrF3NOS. The van der Waals surface area contributed by atoms with Gasteiger partial charge in [0.1, 0.15) is 0 Å². The number of amides is 1. The molecule has 1 aromatic rings. The summed E-state index contributed by atoms with van der Waals surface area (Å²) >= 11 is 4.40. The molecule has 0 aromatic heterocycles. The van der Waals surface area contributed by atoms with Gasteiger partial charge in [0.05, 0.1) is 5.56 Å². The first-order valence-corrected chi connectivity index (χ1v) is 7.51. The van der Waals surface area contributed by atoms with Crippen molar-refractivity contribution in [3.05, 3.63) is 33.8 Å². The van der Waals surface area contributed by atoms with Gasteiger partial charge < -0.3 is 5.32 Å². The average molecular weight is 356 g/mol. The lowest BCUT2D eigenvalue weighted by Gasteiger charge is -2.12. The molecule has 0 bridgehead atoms. The number of hydrogen-bond acceptors (Lipinski definition) is 2. The van der Waals surface area contributed by atoms with Crippen molar-refractivity contribution in [1.29, 1.82) is 0 Å². The van der Waals surface area contributed by atoms with Crippen LogP contribution in [0, 0.1) is 0 Å². The van der Waals surface area contributed by atoms with Gasteiger partial charge in [-0.2, -0.15) is 24.9 Å². The molecule has 0 heterocycles. The highest BCUT2D eigenvalue weighted by Gasteiger charge is 2.33. The van der Waals surface area contributed by atoms with E-state index in [9.17, 15) is 18.0 Å².